The van der Waals surface area contributed by atoms with Crippen molar-refractivity contribution in [2.75, 3.05) is 37.9 Å². The van der Waals surface area contributed by atoms with E-state index in [4.69, 9.17) is 26.3 Å². The lowest BCUT2D eigenvalue weighted by atomic mass is 10.0. The molecule has 0 atom stereocenters. The summed E-state index contributed by atoms with van der Waals surface area (Å²) in [7, 11) is 0. The van der Waals surface area contributed by atoms with Gasteiger partial charge < -0.3 is 4.74 Å². The first-order valence-electron chi connectivity index (χ1n) is 11.4. The van der Waals surface area contributed by atoms with E-state index in [1.165, 1.54) is 0 Å². The van der Waals surface area contributed by atoms with E-state index in [2.05, 4.69) is 29.1 Å². The summed E-state index contributed by atoms with van der Waals surface area (Å²) >= 11 is 6.32. The molecule has 0 bridgehead atoms. The number of halogens is 1. The van der Waals surface area contributed by atoms with Gasteiger partial charge in [0.15, 0.2) is 11.6 Å². The number of aromatic nitrogens is 2. The Morgan fingerprint density at radius 1 is 0.941 bits per heavy atom. The minimum atomic E-state index is 0.645. The minimum Gasteiger partial charge on any atom is -0.379 e. The Hall–Kier alpha value is -3.32. The number of carbonyl (C=O) groups excluding carboxylic acids is 1. The molecule has 0 unspecified atom stereocenters. The fraction of sp³-hybridized carbons (Fsp3) is 0.222. The molecule has 1 aliphatic heterocycles. The molecular formula is C27H25ClN4O2. The van der Waals surface area contributed by atoms with Gasteiger partial charge in [0.25, 0.3) is 0 Å². The van der Waals surface area contributed by atoms with Crippen LogP contribution in [-0.4, -0.2) is 54.1 Å². The van der Waals surface area contributed by atoms with Gasteiger partial charge in [0.05, 0.1) is 18.7 Å². The van der Waals surface area contributed by atoms with Crippen molar-refractivity contribution in [3.63, 3.8) is 0 Å². The van der Waals surface area contributed by atoms with Gasteiger partial charge in [-0.2, -0.15) is 0 Å². The Bertz CT molecular complexity index is 1300. The van der Waals surface area contributed by atoms with Gasteiger partial charge in [0.1, 0.15) is 6.29 Å². The van der Waals surface area contributed by atoms with E-state index in [1.54, 1.807) is 0 Å². The number of hydrogen-bond acceptors (Lipinski definition) is 6. The second-order valence-corrected chi connectivity index (χ2v) is 8.57. The van der Waals surface area contributed by atoms with Crippen LogP contribution >= 0.6 is 11.6 Å². The molecule has 0 amide bonds. The Balaban J connectivity index is 1.55. The largest absolute Gasteiger partial charge is 0.379 e. The summed E-state index contributed by atoms with van der Waals surface area (Å²) in [6, 6.07) is 21.5. The molecular weight excluding hydrogens is 448 g/mol. The van der Waals surface area contributed by atoms with E-state index in [1.807, 2.05) is 54.6 Å². The number of fused-ring (bicyclic) bond motifs is 1. The number of rotatable bonds is 6. The van der Waals surface area contributed by atoms with Crippen molar-refractivity contribution in [3.05, 3.63) is 77.3 Å². The van der Waals surface area contributed by atoms with Gasteiger partial charge >= 0.3 is 0 Å². The molecule has 0 aliphatic carbocycles. The minimum absolute atomic E-state index is 0.645. The lowest BCUT2D eigenvalue weighted by Crippen LogP contribution is -2.49. The number of nitrogens with zero attached hydrogens (tertiary/aromatic N) is 4. The predicted molar refractivity (Wildman–Crippen MR) is 136 cm³/mol. The topological polar surface area (TPSA) is 58.6 Å². The van der Waals surface area contributed by atoms with Crippen molar-refractivity contribution in [2.24, 2.45) is 0 Å². The summed E-state index contributed by atoms with van der Waals surface area (Å²) in [6.45, 7) is 5.95. The van der Waals surface area contributed by atoms with Crippen LogP contribution in [0.4, 0.5) is 5.82 Å². The zero-order valence-corrected chi connectivity index (χ0v) is 19.7. The number of ether oxygens (including phenoxy) is 1. The second kappa shape index (κ2) is 9.89. The van der Waals surface area contributed by atoms with E-state index >= 15 is 0 Å². The molecule has 1 aromatic heterocycles. The molecule has 0 saturated carbocycles. The Morgan fingerprint density at radius 3 is 2.24 bits per heavy atom. The SMILES string of the molecule is CCN(c1nc(-c2ccc(-c3ccc(C=O)cc3)cc2)nc2cc(Cl)ccc12)N1CCOCC1. The highest BCUT2D eigenvalue weighted by molar-refractivity contribution is 6.31. The smallest absolute Gasteiger partial charge is 0.162 e. The van der Waals surface area contributed by atoms with Gasteiger partial charge in [-0.3, -0.25) is 9.80 Å². The van der Waals surface area contributed by atoms with E-state index in [9.17, 15) is 4.79 Å². The standard InChI is InChI=1S/C27H25ClN4O2/c1-2-32(31-13-15-34-16-14-31)27-24-12-11-23(28)17-25(24)29-26(30-27)22-9-7-21(8-10-22)20-5-3-19(18-33)4-6-20/h3-12,17-18H,2,13-16H2,1H3. The summed E-state index contributed by atoms with van der Waals surface area (Å²) in [5.41, 5.74) is 4.52. The number of hydrazine groups is 1. The highest BCUT2D eigenvalue weighted by atomic mass is 35.5. The zero-order chi connectivity index (χ0) is 23.5. The number of benzene rings is 3. The summed E-state index contributed by atoms with van der Waals surface area (Å²) < 4.78 is 5.55. The number of anilines is 1. The summed E-state index contributed by atoms with van der Waals surface area (Å²) in [6.07, 6.45) is 0.851. The van der Waals surface area contributed by atoms with Gasteiger partial charge in [-0.05, 0) is 36.2 Å². The molecule has 1 saturated heterocycles. The van der Waals surface area contributed by atoms with Crippen LogP contribution in [0.1, 0.15) is 17.3 Å². The number of aldehydes is 1. The van der Waals surface area contributed by atoms with Crippen LogP contribution in [-0.2, 0) is 4.74 Å². The van der Waals surface area contributed by atoms with Crippen LogP contribution in [0.3, 0.4) is 0 Å². The Labute approximate surface area is 203 Å². The second-order valence-electron chi connectivity index (χ2n) is 8.13. The van der Waals surface area contributed by atoms with Gasteiger partial charge in [0.2, 0.25) is 0 Å². The van der Waals surface area contributed by atoms with Gasteiger partial charge in [0, 0.05) is 41.2 Å². The van der Waals surface area contributed by atoms with E-state index < -0.39 is 0 Å². The number of hydrogen-bond donors (Lipinski definition) is 0. The highest BCUT2D eigenvalue weighted by Gasteiger charge is 2.22. The maximum atomic E-state index is 10.9. The molecule has 1 aliphatic rings. The molecule has 7 heteroatoms. The van der Waals surface area contributed by atoms with E-state index in [-0.39, 0.29) is 0 Å². The van der Waals surface area contributed by atoms with Crippen LogP contribution < -0.4 is 5.01 Å². The summed E-state index contributed by atoms with van der Waals surface area (Å²) in [5.74, 6) is 1.52. The third-order valence-electron chi connectivity index (χ3n) is 6.03. The van der Waals surface area contributed by atoms with Crippen molar-refractivity contribution < 1.29 is 9.53 Å². The fourth-order valence-electron chi connectivity index (χ4n) is 4.26. The number of carbonyl (C=O) groups is 1. The summed E-state index contributed by atoms with van der Waals surface area (Å²) in [4.78, 5) is 20.8. The maximum absolute atomic E-state index is 10.9. The van der Waals surface area contributed by atoms with Crippen molar-refractivity contribution in [1.29, 1.82) is 0 Å². The van der Waals surface area contributed by atoms with Crippen molar-refractivity contribution >= 4 is 34.6 Å². The molecule has 5 rings (SSSR count). The first-order chi connectivity index (χ1) is 16.7. The van der Waals surface area contributed by atoms with Crippen LogP contribution in [0.15, 0.2) is 66.7 Å². The fourth-order valence-corrected chi connectivity index (χ4v) is 4.42. The molecule has 1 fully saturated rings. The molecule has 2 heterocycles. The molecule has 34 heavy (non-hydrogen) atoms. The van der Waals surface area contributed by atoms with Gasteiger partial charge in [-0.15, -0.1) is 0 Å². The average Bonchev–Trinajstić information content (AvgIpc) is 2.89. The molecule has 0 radical (unpaired) electrons. The van der Waals surface area contributed by atoms with Crippen LogP contribution in [0.2, 0.25) is 5.02 Å². The Kier molecular flexibility index (Phi) is 6.54. The summed E-state index contributed by atoms with van der Waals surface area (Å²) in [5, 5.41) is 6.11. The lowest BCUT2D eigenvalue weighted by Gasteiger charge is -2.38. The van der Waals surface area contributed by atoms with Crippen molar-refractivity contribution in [2.45, 2.75) is 6.92 Å². The van der Waals surface area contributed by atoms with E-state index in [0.717, 1.165) is 59.3 Å². The average molecular weight is 473 g/mol. The first-order valence-corrected chi connectivity index (χ1v) is 11.8. The molecule has 4 aromatic rings. The zero-order valence-electron chi connectivity index (χ0n) is 18.9. The first kappa shape index (κ1) is 22.5. The maximum Gasteiger partial charge on any atom is 0.162 e. The number of morpholine rings is 1. The lowest BCUT2D eigenvalue weighted by molar-refractivity contribution is 0.0320. The monoisotopic (exact) mass is 472 g/mol. The quantitative estimate of drug-likeness (QED) is 0.345. The molecule has 0 spiro atoms. The molecule has 0 N–H and O–H groups in total. The highest BCUT2D eigenvalue weighted by Crippen LogP contribution is 2.31. The van der Waals surface area contributed by atoms with Crippen molar-refractivity contribution in [1.82, 2.24) is 15.0 Å². The third-order valence-corrected chi connectivity index (χ3v) is 6.27. The predicted octanol–water partition coefficient (Wildman–Crippen LogP) is 5.50. The third kappa shape index (κ3) is 4.53. The van der Waals surface area contributed by atoms with Gasteiger partial charge in [-0.25, -0.2) is 15.0 Å². The molecule has 172 valence electrons. The molecule has 3 aromatic carbocycles. The molecule has 6 nitrogen and oxygen atoms in total. The normalized spacial score (nSPS) is 14.3. The van der Waals surface area contributed by atoms with Crippen molar-refractivity contribution in [3.8, 4) is 22.5 Å². The van der Waals surface area contributed by atoms with Crippen LogP contribution in [0.5, 0.6) is 0 Å². The van der Waals surface area contributed by atoms with Crippen LogP contribution in [0.25, 0.3) is 33.4 Å². The van der Waals surface area contributed by atoms with E-state index in [0.29, 0.717) is 29.6 Å². The van der Waals surface area contributed by atoms with Crippen LogP contribution in [0, 0.1) is 0 Å². The van der Waals surface area contributed by atoms with Gasteiger partial charge in [-0.1, -0.05) is 60.1 Å². The Morgan fingerprint density at radius 2 is 1.59 bits per heavy atom.